The molecule has 0 saturated heterocycles. The molecule has 104 valence electrons. The summed E-state index contributed by atoms with van der Waals surface area (Å²) < 4.78 is 0.839. The Morgan fingerprint density at radius 2 is 2.05 bits per heavy atom. The fourth-order valence-electron chi connectivity index (χ4n) is 2.65. The molecule has 1 N–H and O–H groups in total. The lowest BCUT2D eigenvalue weighted by Gasteiger charge is -2.34. The molecule has 19 heavy (non-hydrogen) atoms. The van der Waals surface area contributed by atoms with Gasteiger partial charge in [-0.15, -0.1) is 0 Å². The molecule has 0 unspecified atom stereocenters. The molecule has 5 heteroatoms. The van der Waals surface area contributed by atoms with Gasteiger partial charge in [0.15, 0.2) is 0 Å². The number of pyridine rings is 1. The Labute approximate surface area is 122 Å². The van der Waals surface area contributed by atoms with Crippen LogP contribution in [0.3, 0.4) is 0 Å². The molecule has 1 aromatic heterocycles. The van der Waals surface area contributed by atoms with Crippen LogP contribution >= 0.6 is 15.9 Å². The standard InChI is InChI=1S/C14H20BrN3O/c1-16-12-3-5-13(6-4-12)18(2)14(19)10-7-11(15)9-17-8-10/h7-9,12-13,16H,3-6H2,1-2H3. The number of amides is 1. The Bertz CT molecular complexity index is 444. The molecule has 0 aromatic carbocycles. The van der Waals surface area contributed by atoms with Crippen LogP contribution in [-0.4, -0.2) is 42.0 Å². The molecule has 1 aliphatic carbocycles. The predicted molar refractivity (Wildman–Crippen MR) is 79.1 cm³/mol. The van der Waals surface area contributed by atoms with Gasteiger partial charge in [-0.3, -0.25) is 9.78 Å². The fraction of sp³-hybridized carbons (Fsp3) is 0.571. The maximum absolute atomic E-state index is 12.4. The van der Waals surface area contributed by atoms with Crippen molar-refractivity contribution in [2.45, 2.75) is 37.8 Å². The molecule has 0 bridgehead atoms. The van der Waals surface area contributed by atoms with Gasteiger partial charge in [0.2, 0.25) is 0 Å². The number of halogens is 1. The van der Waals surface area contributed by atoms with Crippen molar-refractivity contribution in [3.63, 3.8) is 0 Å². The van der Waals surface area contributed by atoms with Crippen LogP contribution in [0.1, 0.15) is 36.0 Å². The van der Waals surface area contributed by atoms with Gasteiger partial charge in [0.05, 0.1) is 5.56 Å². The van der Waals surface area contributed by atoms with E-state index < -0.39 is 0 Å². The molecule has 0 atom stereocenters. The zero-order chi connectivity index (χ0) is 13.8. The van der Waals surface area contributed by atoms with Gasteiger partial charge in [-0.25, -0.2) is 0 Å². The van der Waals surface area contributed by atoms with E-state index in [0.29, 0.717) is 17.6 Å². The van der Waals surface area contributed by atoms with Gasteiger partial charge in [0.25, 0.3) is 5.91 Å². The Morgan fingerprint density at radius 3 is 2.63 bits per heavy atom. The summed E-state index contributed by atoms with van der Waals surface area (Å²) in [6.45, 7) is 0. The number of carbonyl (C=O) groups is 1. The van der Waals surface area contributed by atoms with E-state index in [2.05, 4.69) is 26.2 Å². The van der Waals surface area contributed by atoms with E-state index in [1.54, 1.807) is 12.4 Å². The highest BCUT2D eigenvalue weighted by Gasteiger charge is 2.26. The molecule has 1 aromatic rings. The molecule has 1 fully saturated rings. The van der Waals surface area contributed by atoms with Crippen molar-refractivity contribution in [3.05, 3.63) is 28.5 Å². The van der Waals surface area contributed by atoms with Crippen molar-refractivity contribution in [2.75, 3.05) is 14.1 Å². The van der Waals surface area contributed by atoms with E-state index in [4.69, 9.17) is 0 Å². The van der Waals surface area contributed by atoms with Crippen molar-refractivity contribution in [2.24, 2.45) is 0 Å². The molecular formula is C14H20BrN3O. The van der Waals surface area contributed by atoms with Gasteiger partial charge in [0.1, 0.15) is 0 Å². The summed E-state index contributed by atoms with van der Waals surface area (Å²) in [5, 5.41) is 3.31. The summed E-state index contributed by atoms with van der Waals surface area (Å²) in [4.78, 5) is 18.3. The topological polar surface area (TPSA) is 45.2 Å². The molecule has 0 radical (unpaired) electrons. The van der Waals surface area contributed by atoms with Crippen LogP contribution in [0.15, 0.2) is 22.9 Å². The van der Waals surface area contributed by atoms with Crippen LogP contribution in [0.5, 0.6) is 0 Å². The van der Waals surface area contributed by atoms with Gasteiger partial charge in [-0.1, -0.05) is 0 Å². The van der Waals surface area contributed by atoms with Crippen molar-refractivity contribution < 1.29 is 4.79 Å². The second kappa shape index (κ2) is 6.48. The summed E-state index contributed by atoms with van der Waals surface area (Å²) >= 11 is 3.35. The summed E-state index contributed by atoms with van der Waals surface area (Å²) in [5.41, 5.74) is 0.646. The largest absolute Gasteiger partial charge is 0.339 e. The molecule has 1 aliphatic rings. The van der Waals surface area contributed by atoms with Crippen LogP contribution in [0.2, 0.25) is 0 Å². The molecule has 2 rings (SSSR count). The third kappa shape index (κ3) is 3.54. The van der Waals surface area contributed by atoms with Crippen LogP contribution in [0, 0.1) is 0 Å². The third-order valence-electron chi connectivity index (χ3n) is 3.92. The average molecular weight is 326 g/mol. The van der Waals surface area contributed by atoms with Gasteiger partial charge in [-0.2, -0.15) is 0 Å². The van der Waals surface area contributed by atoms with E-state index in [9.17, 15) is 4.79 Å². The lowest BCUT2D eigenvalue weighted by atomic mass is 9.90. The average Bonchev–Trinajstić information content (AvgIpc) is 2.46. The highest BCUT2D eigenvalue weighted by atomic mass is 79.9. The van der Waals surface area contributed by atoms with E-state index in [-0.39, 0.29) is 5.91 Å². The maximum Gasteiger partial charge on any atom is 0.255 e. The predicted octanol–water partition coefficient (Wildman–Crippen LogP) is 2.45. The first-order valence-corrected chi connectivity index (χ1v) is 7.46. The minimum atomic E-state index is 0.0571. The van der Waals surface area contributed by atoms with Gasteiger partial charge in [0, 0.05) is 36.0 Å². The van der Waals surface area contributed by atoms with Crippen molar-refractivity contribution in [1.29, 1.82) is 0 Å². The lowest BCUT2D eigenvalue weighted by Crippen LogP contribution is -2.42. The first-order valence-electron chi connectivity index (χ1n) is 6.66. The number of aromatic nitrogens is 1. The van der Waals surface area contributed by atoms with Gasteiger partial charge < -0.3 is 10.2 Å². The van der Waals surface area contributed by atoms with Gasteiger partial charge >= 0.3 is 0 Å². The van der Waals surface area contributed by atoms with Crippen LogP contribution < -0.4 is 5.32 Å². The zero-order valence-electron chi connectivity index (χ0n) is 11.4. The SMILES string of the molecule is CNC1CCC(N(C)C(=O)c2cncc(Br)c2)CC1. The van der Waals surface area contributed by atoms with Gasteiger partial charge in [-0.05, 0) is 54.7 Å². The zero-order valence-corrected chi connectivity index (χ0v) is 13.0. The Morgan fingerprint density at radius 1 is 1.37 bits per heavy atom. The highest BCUT2D eigenvalue weighted by molar-refractivity contribution is 9.10. The first-order chi connectivity index (χ1) is 9.11. The second-order valence-electron chi connectivity index (χ2n) is 5.10. The molecule has 1 amide bonds. The summed E-state index contributed by atoms with van der Waals surface area (Å²) in [5.74, 6) is 0.0571. The number of hydrogen-bond donors (Lipinski definition) is 1. The van der Waals surface area contributed by atoms with Crippen LogP contribution in [0.25, 0.3) is 0 Å². The molecule has 0 spiro atoms. The summed E-state index contributed by atoms with van der Waals surface area (Å²) in [6, 6.07) is 2.77. The number of rotatable bonds is 3. The Balaban J connectivity index is 2.00. The summed E-state index contributed by atoms with van der Waals surface area (Å²) in [7, 11) is 3.90. The molecular weight excluding hydrogens is 306 g/mol. The minimum absolute atomic E-state index is 0.0571. The third-order valence-corrected chi connectivity index (χ3v) is 4.36. The van der Waals surface area contributed by atoms with E-state index in [0.717, 1.165) is 30.2 Å². The van der Waals surface area contributed by atoms with Crippen molar-refractivity contribution in [3.8, 4) is 0 Å². The molecule has 1 heterocycles. The smallest absolute Gasteiger partial charge is 0.255 e. The van der Waals surface area contributed by atoms with E-state index in [1.165, 1.54) is 0 Å². The Kier molecular flexibility index (Phi) is 4.93. The highest BCUT2D eigenvalue weighted by Crippen LogP contribution is 2.23. The van der Waals surface area contributed by atoms with E-state index in [1.807, 2.05) is 25.1 Å². The molecule has 0 aliphatic heterocycles. The van der Waals surface area contributed by atoms with Crippen LogP contribution in [0.4, 0.5) is 0 Å². The van der Waals surface area contributed by atoms with Crippen molar-refractivity contribution in [1.82, 2.24) is 15.2 Å². The summed E-state index contributed by atoms with van der Waals surface area (Å²) in [6.07, 6.45) is 7.72. The van der Waals surface area contributed by atoms with E-state index >= 15 is 0 Å². The number of nitrogens with one attached hydrogen (secondary N) is 1. The fourth-order valence-corrected chi connectivity index (χ4v) is 3.01. The maximum atomic E-state index is 12.4. The quantitative estimate of drug-likeness (QED) is 0.928. The minimum Gasteiger partial charge on any atom is -0.339 e. The van der Waals surface area contributed by atoms with Crippen LogP contribution in [-0.2, 0) is 0 Å². The number of hydrogen-bond acceptors (Lipinski definition) is 3. The number of carbonyl (C=O) groups excluding carboxylic acids is 1. The second-order valence-corrected chi connectivity index (χ2v) is 6.02. The lowest BCUT2D eigenvalue weighted by molar-refractivity contribution is 0.0685. The molecule has 4 nitrogen and oxygen atoms in total. The monoisotopic (exact) mass is 325 g/mol. The first kappa shape index (κ1) is 14.5. The molecule has 1 saturated carbocycles. The Hall–Kier alpha value is -0.940. The number of nitrogens with zero attached hydrogens (tertiary/aromatic N) is 2. The normalized spacial score (nSPS) is 23.1. The van der Waals surface area contributed by atoms with Crippen molar-refractivity contribution >= 4 is 21.8 Å².